The Kier molecular flexibility index (Phi) is 4.33. The average molecular weight is 396 g/mol. The predicted octanol–water partition coefficient (Wildman–Crippen LogP) is 2.26. The molecule has 6 nitrogen and oxygen atoms in total. The number of thiocarbonyl (C=S) groups is 1. The van der Waals surface area contributed by atoms with Crippen LogP contribution in [0.15, 0.2) is 33.8 Å². The number of halogens is 2. The fourth-order valence-corrected chi connectivity index (χ4v) is 3.25. The third kappa shape index (κ3) is 3.11. The maximum atomic E-state index is 12.2. The number of nitrogens with one attached hydrogen (secondary N) is 2. The van der Waals surface area contributed by atoms with Crippen LogP contribution in [0.2, 0.25) is 5.02 Å². The highest BCUT2D eigenvalue weighted by molar-refractivity contribution is 9.10. The third-order valence-corrected chi connectivity index (χ3v) is 5.12. The number of rotatable bonds is 4. The molecule has 4 N–H and O–H groups in total. The molecule has 0 fully saturated rings. The highest BCUT2D eigenvalue weighted by atomic mass is 79.9. The molecule has 106 valence electrons. The summed E-state index contributed by atoms with van der Waals surface area (Å²) in [6, 6.07) is 4.25. The number of hydrogen-bond acceptors (Lipinski definition) is 4. The van der Waals surface area contributed by atoms with Crippen LogP contribution < -0.4 is 10.5 Å². The van der Waals surface area contributed by atoms with Gasteiger partial charge < -0.3 is 5.73 Å². The van der Waals surface area contributed by atoms with Gasteiger partial charge >= 0.3 is 0 Å². The van der Waals surface area contributed by atoms with Gasteiger partial charge in [-0.05, 0) is 34.1 Å². The molecule has 0 saturated heterocycles. The van der Waals surface area contributed by atoms with Crippen molar-refractivity contribution in [2.24, 2.45) is 5.73 Å². The van der Waals surface area contributed by atoms with E-state index < -0.39 is 10.0 Å². The lowest BCUT2D eigenvalue weighted by Gasteiger charge is -2.08. The molecule has 0 atom stereocenters. The van der Waals surface area contributed by atoms with Gasteiger partial charge in [-0.15, -0.1) is 0 Å². The molecule has 0 amide bonds. The molecule has 0 aliphatic carbocycles. The minimum atomic E-state index is -3.80. The lowest BCUT2D eigenvalue weighted by Crippen LogP contribution is -2.17. The van der Waals surface area contributed by atoms with Gasteiger partial charge in [0.2, 0.25) is 0 Å². The molecule has 20 heavy (non-hydrogen) atoms. The molecular weight excluding hydrogens is 388 g/mol. The molecule has 2 aromatic rings. The van der Waals surface area contributed by atoms with Crippen LogP contribution in [0.1, 0.15) is 5.56 Å². The van der Waals surface area contributed by atoms with Gasteiger partial charge in [0.1, 0.15) is 10.8 Å². The van der Waals surface area contributed by atoms with Gasteiger partial charge in [0.15, 0.2) is 0 Å². The van der Waals surface area contributed by atoms with E-state index in [2.05, 4.69) is 30.8 Å². The van der Waals surface area contributed by atoms with Crippen LogP contribution in [0.5, 0.6) is 0 Å². The number of benzene rings is 1. The maximum absolute atomic E-state index is 12.2. The van der Waals surface area contributed by atoms with Crippen molar-refractivity contribution < 1.29 is 8.42 Å². The molecule has 0 unspecified atom stereocenters. The van der Waals surface area contributed by atoms with Gasteiger partial charge in [0, 0.05) is 4.47 Å². The normalized spacial score (nSPS) is 11.3. The molecule has 1 heterocycles. The first kappa shape index (κ1) is 15.2. The van der Waals surface area contributed by atoms with Gasteiger partial charge in [-0.2, -0.15) is 5.10 Å². The molecule has 0 aliphatic heterocycles. The highest BCUT2D eigenvalue weighted by Crippen LogP contribution is 2.26. The van der Waals surface area contributed by atoms with Crippen molar-refractivity contribution in [1.29, 1.82) is 0 Å². The second kappa shape index (κ2) is 5.68. The molecule has 0 spiro atoms. The Balaban J connectivity index is 2.38. The first-order valence-electron chi connectivity index (χ1n) is 5.12. The Bertz CT molecular complexity index is 775. The Hall–Kier alpha value is -1.16. The zero-order valence-electron chi connectivity index (χ0n) is 9.72. The third-order valence-electron chi connectivity index (χ3n) is 2.34. The van der Waals surface area contributed by atoms with Gasteiger partial charge in [-0.1, -0.05) is 23.8 Å². The first-order chi connectivity index (χ1) is 9.31. The van der Waals surface area contributed by atoms with E-state index in [1.807, 2.05) is 0 Å². The number of hydrogen-bond donors (Lipinski definition) is 3. The van der Waals surface area contributed by atoms with E-state index in [0.29, 0.717) is 15.1 Å². The monoisotopic (exact) mass is 394 g/mol. The summed E-state index contributed by atoms with van der Waals surface area (Å²) < 4.78 is 27.3. The van der Waals surface area contributed by atoms with Crippen LogP contribution in [0.4, 0.5) is 5.82 Å². The average Bonchev–Trinajstić information content (AvgIpc) is 2.80. The van der Waals surface area contributed by atoms with Crippen LogP contribution >= 0.6 is 39.7 Å². The van der Waals surface area contributed by atoms with Crippen molar-refractivity contribution in [2.45, 2.75) is 4.90 Å². The molecule has 2 rings (SSSR count). The number of nitrogens with zero attached hydrogens (tertiary/aromatic N) is 1. The Labute approximate surface area is 133 Å². The van der Waals surface area contributed by atoms with E-state index in [0.717, 1.165) is 0 Å². The van der Waals surface area contributed by atoms with E-state index in [-0.39, 0.29) is 15.7 Å². The standard InChI is InChI=1S/C10H8BrClN4O2S2/c11-7-3-5(1-2-8(7)12)20(17,18)16-10-6(9(13)19)4-14-15-10/h1-4H,(H2,13,19)(H2,14,15,16). The van der Waals surface area contributed by atoms with Crippen molar-refractivity contribution in [3.05, 3.63) is 39.5 Å². The summed E-state index contributed by atoms with van der Waals surface area (Å²) in [5.74, 6) is 0.114. The Morgan fingerprint density at radius 2 is 2.20 bits per heavy atom. The molecule has 10 heteroatoms. The number of sulfonamides is 1. The molecule has 1 aromatic heterocycles. The van der Waals surface area contributed by atoms with Gasteiger partial charge in [0.25, 0.3) is 10.0 Å². The van der Waals surface area contributed by atoms with Crippen LogP contribution in [0.25, 0.3) is 0 Å². The number of H-pyrrole nitrogens is 1. The summed E-state index contributed by atoms with van der Waals surface area (Å²) in [5, 5.41) is 6.61. The summed E-state index contributed by atoms with van der Waals surface area (Å²) in [6.07, 6.45) is 1.35. The zero-order chi connectivity index (χ0) is 14.9. The van der Waals surface area contributed by atoms with E-state index in [4.69, 9.17) is 29.6 Å². The summed E-state index contributed by atoms with van der Waals surface area (Å²) in [5.41, 5.74) is 5.79. The van der Waals surface area contributed by atoms with Crippen molar-refractivity contribution in [1.82, 2.24) is 10.2 Å². The van der Waals surface area contributed by atoms with Crippen molar-refractivity contribution in [3.63, 3.8) is 0 Å². The summed E-state index contributed by atoms with van der Waals surface area (Å²) in [4.78, 5) is 0.0750. The molecular formula is C10H8BrClN4O2S2. The maximum Gasteiger partial charge on any atom is 0.263 e. The van der Waals surface area contributed by atoms with Crippen LogP contribution in [0.3, 0.4) is 0 Å². The number of aromatic amines is 1. The smallest absolute Gasteiger partial charge is 0.263 e. The van der Waals surface area contributed by atoms with E-state index in [1.54, 1.807) is 0 Å². The topological polar surface area (TPSA) is 101 Å². The largest absolute Gasteiger partial charge is 0.389 e. The molecule has 1 aromatic carbocycles. The summed E-state index contributed by atoms with van der Waals surface area (Å²) in [7, 11) is -3.80. The first-order valence-corrected chi connectivity index (χ1v) is 8.18. The highest BCUT2D eigenvalue weighted by Gasteiger charge is 2.19. The van der Waals surface area contributed by atoms with Gasteiger partial charge in [-0.3, -0.25) is 9.82 Å². The van der Waals surface area contributed by atoms with Crippen LogP contribution in [-0.2, 0) is 10.0 Å². The number of anilines is 1. The lowest BCUT2D eigenvalue weighted by molar-refractivity contribution is 0.601. The van der Waals surface area contributed by atoms with Gasteiger partial charge in [-0.25, -0.2) is 8.42 Å². The fraction of sp³-hybridized carbons (Fsp3) is 0. The number of nitrogens with two attached hydrogens (primary N) is 1. The van der Waals surface area contributed by atoms with E-state index in [9.17, 15) is 8.42 Å². The van der Waals surface area contributed by atoms with Crippen molar-refractivity contribution >= 4 is 60.6 Å². The second-order valence-electron chi connectivity index (χ2n) is 3.70. The summed E-state index contributed by atoms with van der Waals surface area (Å²) >= 11 is 13.8. The predicted molar refractivity (Wildman–Crippen MR) is 84.4 cm³/mol. The SMILES string of the molecule is NC(=S)c1cn[nH]c1NS(=O)(=O)c1ccc(Cl)c(Br)c1. The minimum absolute atomic E-state index is 0.0359. The Morgan fingerprint density at radius 3 is 2.80 bits per heavy atom. The van der Waals surface area contributed by atoms with Crippen LogP contribution in [-0.4, -0.2) is 23.6 Å². The lowest BCUT2D eigenvalue weighted by atomic mass is 10.3. The van der Waals surface area contributed by atoms with E-state index in [1.165, 1.54) is 24.4 Å². The van der Waals surface area contributed by atoms with Gasteiger partial charge in [0.05, 0.1) is 21.7 Å². The summed E-state index contributed by atoms with van der Waals surface area (Å²) in [6.45, 7) is 0. The minimum Gasteiger partial charge on any atom is -0.389 e. The fourth-order valence-electron chi connectivity index (χ4n) is 1.39. The molecule has 0 bridgehead atoms. The zero-order valence-corrected chi connectivity index (χ0v) is 13.7. The van der Waals surface area contributed by atoms with Crippen molar-refractivity contribution in [2.75, 3.05) is 4.72 Å². The van der Waals surface area contributed by atoms with Crippen molar-refractivity contribution in [3.8, 4) is 0 Å². The quantitative estimate of drug-likeness (QED) is 0.689. The van der Waals surface area contributed by atoms with E-state index >= 15 is 0 Å². The molecule has 0 aliphatic rings. The van der Waals surface area contributed by atoms with Crippen LogP contribution in [0, 0.1) is 0 Å². The number of aromatic nitrogens is 2. The second-order valence-corrected chi connectivity index (χ2v) is 7.09. The molecule has 0 saturated carbocycles. The molecule has 0 radical (unpaired) electrons. The Morgan fingerprint density at radius 1 is 1.50 bits per heavy atom.